The van der Waals surface area contributed by atoms with Crippen LogP contribution in [-0.2, 0) is 35.4 Å². The molecule has 0 spiro atoms. The van der Waals surface area contributed by atoms with Gasteiger partial charge in [-0.1, -0.05) is 12.1 Å². The SMILES string of the molecule is CCOC(=O)c1ccc(CN(c2ccccc2F)S(=O)(=O)c2ccc3c(c2)n(C)c(=O)n3C)o1. The molecule has 2 aromatic carbocycles. The minimum Gasteiger partial charge on any atom is -0.460 e. The highest BCUT2D eigenvalue weighted by atomic mass is 32.2. The van der Waals surface area contributed by atoms with Gasteiger partial charge in [-0.25, -0.2) is 22.4 Å². The van der Waals surface area contributed by atoms with Crippen molar-refractivity contribution in [3.05, 3.63) is 82.4 Å². The van der Waals surface area contributed by atoms with Crippen LogP contribution >= 0.6 is 0 Å². The summed E-state index contributed by atoms with van der Waals surface area (Å²) < 4.78 is 56.1. The largest absolute Gasteiger partial charge is 0.460 e. The van der Waals surface area contributed by atoms with E-state index in [0.717, 1.165) is 10.4 Å². The molecule has 0 saturated heterocycles. The smallest absolute Gasteiger partial charge is 0.374 e. The van der Waals surface area contributed by atoms with Crippen molar-refractivity contribution in [2.24, 2.45) is 14.1 Å². The van der Waals surface area contributed by atoms with Crippen LogP contribution in [0.4, 0.5) is 10.1 Å². The normalized spacial score (nSPS) is 11.6. The third kappa shape index (κ3) is 3.98. The molecule has 0 aliphatic heterocycles. The number of rotatable bonds is 7. The molecule has 2 heterocycles. The van der Waals surface area contributed by atoms with Crippen molar-refractivity contribution in [2.45, 2.75) is 18.4 Å². The Kier molecular flexibility index (Phi) is 6.05. The lowest BCUT2D eigenvalue weighted by Crippen LogP contribution is -2.31. The lowest BCUT2D eigenvalue weighted by molar-refractivity contribution is 0.0488. The number of fused-ring (bicyclic) bond motifs is 1. The number of esters is 1. The highest BCUT2D eigenvalue weighted by molar-refractivity contribution is 7.92. The number of hydrogen-bond acceptors (Lipinski definition) is 6. The van der Waals surface area contributed by atoms with Gasteiger partial charge >= 0.3 is 11.7 Å². The highest BCUT2D eigenvalue weighted by Gasteiger charge is 2.29. The van der Waals surface area contributed by atoms with Crippen molar-refractivity contribution in [2.75, 3.05) is 10.9 Å². The molecule has 0 saturated carbocycles. The number of carbonyl (C=O) groups excluding carboxylic acids is 1. The van der Waals surface area contributed by atoms with E-state index in [-0.39, 0.29) is 40.9 Å². The molecule has 0 aliphatic rings. The van der Waals surface area contributed by atoms with Gasteiger partial charge in [0.15, 0.2) is 0 Å². The van der Waals surface area contributed by atoms with Gasteiger partial charge in [-0.3, -0.25) is 13.4 Å². The van der Waals surface area contributed by atoms with E-state index >= 15 is 0 Å². The first-order valence-electron chi connectivity index (χ1n) is 10.3. The molecule has 0 unspecified atom stereocenters. The fourth-order valence-corrected chi connectivity index (χ4v) is 5.10. The molecule has 0 N–H and O–H groups in total. The Morgan fingerprint density at radius 1 is 1.06 bits per heavy atom. The number of halogens is 1. The van der Waals surface area contributed by atoms with Crippen molar-refractivity contribution in [3.63, 3.8) is 0 Å². The van der Waals surface area contributed by atoms with Crippen LogP contribution < -0.4 is 9.99 Å². The fraction of sp³-hybridized carbons (Fsp3) is 0.217. The quantitative estimate of drug-likeness (QED) is 0.371. The van der Waals surface area contributed by atoms with Gasteiger partial charge in [0.1, 0.15) is 11.6 Å². The molecular weight excluding hydrogens is 465 g/mol. The summed E-state index contributed by atoms with van der Waals surface area (Å²) in [6.45, 7) is 1.41. The minimum atomic E-state index is -4.32. The number of furan rings is 1. The monoisotopic (exact) mass is 487 g/mol. The average Bonchev–Trinajstić information content (AvgIpc) is 3.37. The van der Waals surface area contributed by atoms with Crippen molar-refractivity contribution in [3.8, 4) is 0 Å². The third-order valence-corrected chi connectivity index (χ3v) is 7.15. The van der Waals surface area contributed by atoms with Gasteiger partial charge in [0, 0.05) is 14.1 Å². The summed E-state index contributed by atoms with van der Waals surface area (Å²) in [7, 11) is -1.19. The first-order chi connectivity index (χ1) is 16.1. The van der Waals surface area contributed by atoms with E-state index in [4.69, 9.17) is 9.15 Å². The Bertz CT molecular complexity index is 1550. The molecule has 4 aromatic rings. The second-order valence-electron chi connectivity index (χ2n) is 7.50. The zero-order valence-corrected chi connectivity index (χ0v) is 19.5. The summed E-state index contributed by atoms with van der Waals surface area (Å²) in [5, 5.41) is 0. The molecule has 0 atom stereocenters. The Balaban J connectivity index is 1.81. The van der Waals surface area contributed by atoms with E-state index in [1.165, 1.54) is 64.7 Å². The van der Waals surface area contributed by atoms with Gasteiger partial charge in [0.05, 0.1) is 34.8 Å². The summed E-state index contributed by atoms with van der Waals surface area (Å²) in [4.78, 5) is 24.1. The van der Waals surface area contributed by atoms with Gasteiger partial charge in [0.25, 0.3) is 10.0 Å². The number of benzene rings is 2. The molecule has 0 fully saturated rings. The van der Waals surface area contributed by atoms with Crippen LogP contribution in [-0.4, -0.2) is 30.1 Å². The predicted molar refractivity (Wildman–Crippen MR) is 123 cm³/mol. The number of sulfonamides is 1. The Labute approximate surface area is 194 Å². The minimum absolute atomic E-state index is 0.0940. The van der Waals surface area contributed by atoms with E-state index < -0.39 is 21.8 Å². The number of hydrogen-bond donors (Lipinski definition) is 0. The Hall–Kier alpha value is -3.86. The predicted octanol–water partition coefficient (Wildman–Crippen LogP) is 3.18. The zero-order valence-electron chi connectivity index (χ0n) is 18.7. The number of aromatic nitrogens is 2. The Morgan fingerprint density at radius 3 is 2.47 bits per heavy atom. The van der Waals surface area contributed by atoms with Gasteiger partial charge in [0.2, 0.25) is 5.76 Å². The van der Waals surface area contributed by atoms with Crippen molar-refractivity contribution < 1.29 is 26.8 Å². The summed E-state index contributed by atoms with van der Waals surface area (Å²) in [5.41, 5.74) is 0.454. The number of aryl methyl sites for hydroxylation is 2. The molecule has 4 rings (SSSR count). The lowest BCUT2D eigenvalue weighted by Gasteiger charge is -2.24. The van der Waals surface area contributed by atoms with Gasteiger partial charge < -0.3 is 9.15 Å². The molecule has 0 radical (unpaired) electrons. The second kappa shape index (κ2) is 8.82. The van der Waals surface area contributed by atoms with Gasteiger partial charge in [-0.2, -0.15) is 0 Å². The molecule has 0 aliphatic carbocycles. The first-order valence-corrected chi connectivity index (χ1v) is 11.8. The third-order valence-electron chi connectivity index (χ3n) is 5.39. The summed E-state index contributed by atoms with van der Waals surface area (Å²) >= 11 is 0. The number of anilines is 1. The van der Waals surface area contributed by atoms with Crippen LogP contribution in [0.15, 0.2) is 68.7 Å². The number of para-hydroxylation sites is 1. The summed E-state index contributed by atoms with van der Waals surface area (Å²) in [6, 6.07) is 12.5. The number of carbonyl (C=O) groups is 1. The van der Waals surface area contributed by atoms with Crippen LogP contribution in [0.5, 0.6) is 0 Å². The van der Waals surface area contributed by atoms with Crippen LogP contribution in [0.25, 0.3) is 11.0 Å². The van der Waals surface area contributed by atoms with Crippen molar-refractivity contribution >= 4 is 32.7 Å². The van der Waals surface area contributed by atoms with Crippen LogP contribution in [0.2, 0.25) is 0 Å². The van der Waals surface area contributed by atoms with E-state index in [1.54, 1.807) is 14.0 Å². The second-order valence-corrected chi connectivity index (χ2v) is 9.36. The van der Waals surface area contributed by atoms with Crippen molar-refractivity contribution in [1.29, 1.82) is 0 Å². The van der Waals surface area contributed by atoms with Gasteiger partial charge in [-0.05, 0) is 49.4 Å². The molecular formula is C23H22FN3O6S. The number of nitrogens with zero attached hydrogens (tertiary/aromatic N) is 3. The summed E-state index contributed by atoms with van der Waals surface area (Å²) in [6.07, 6.45) is 0. The van der Waals surface area contributed by atoms with Crippen LogP contribution in [0.3, 0.4) is 0 Å². The van der Waals surface area contributed by atoms with Gasteiger partial charge in [-0.15, -0.1) is 0 Å². The maximum Gasteiger partial charge on any atom is 0.374 e. The molecule has 9 nitrogen and oxygen atoms in total. The first kappa shape index (κ1) is 23.3. The van der Waals surface area contributed by atoms with Crippen molar-refractivity contribution in [1.82, 2.24) is 9.13 Å². The highest BCUT2D eigenvalue weighted by Crippen LogP contribution is 2.30. The van der Waals surface area contributed by atoms with Crippen LogP contribution in [0.1, 0.15) is 23.2 Å². The lowest BCUT2D eigenvalue weighted by atomic mass is 10.3. The molecule has 0 amide bonds. The van der Waals surface area contributed by atoms with E-state index in [2.05, 4.69) is 0 Å². The average molecular weight is 488 g/mol. The fourth-order valence-electron chi connectivity index (χ4n) is 3.64. The summed E-state index contributed by atoms with van der Waals surface area (Å²) in [5.74, 6) is -1.42. The number of ether oxygens (including phenoxy) is 1. The molecule has 34 heavy (non-hydrogen) atoms. The maximum atomic E-state index is 14.7. The zero-order chi connectivity index (χ0) is 24.6. The number of imidazole rings is 1. The Morgan fingerprint density at radius 2 is 1.76 bits per heavy atom. The standard InChI is InChI=1S/C23H22FN3O6S/c1-4-32-22(28)21-12-9-15(33-21)14-27(18-8-6-5-7-17(18)24)34(30,31)16-10-11-19-20(13-16)26(3)23(29)25(19)2/h5-13H,4,14H2,1-3H3. The topological polar surface area (TPSA) is 104 Å². The van der Waals surface area contributed by atoms with E-state index in [1.807, 2.05) is 0 Å². The molecule has 0 bridgehead atoms. The molecule has 178 valence electrons. The van der Waals surface area contributed by atoms with Crippen LogP contribution in [0, 0.1) is 5.82 Å². The van der Waals surface area contributed by atoms with E-state index in [9.17, 15) is 22.4 Å². The van der Waals surface area contributed by atoms with E-state index in [0.29, 0.717) is 11.0 Å². The maximum absolute atomic E-state index is 14.7. The molecule has 2 aromatic heterocycles. The molecule has 11 heteroatoms.